The lowest BCUT2D eigenvalue weighted by molar-refractivity contribution is -0.134. The van der Waals surface area contributed by atoms with Crippen LogP contribution >= 0.6 is 0 Å². The highest BCUT2D eigenvalue weighted by Gasteiger charge is 2.49. The third kappa shape index (κ3) is 3.12. The molecule has 0 bridgehead atoms. The second kappa shape index (κ2) is 6.69. The minimum absolute atomic E-state index is 0.0286. The highest BCUT2D eigenvalue weighted by Crippen LogP contribution is 2.43. The molecule has 1 aliphatic carbocycles. The number of ether oxygens (including phenoxy) is 1. The lowest BCUT2D eigenvalue weighted by Gasteiger charge is -2.37. The number of fused-ring (bicyclic) bond motifs is 1. The van der Waals surface area contributed by atoms with Crippen molar-refractivity contribution in [2.45, 2.75) is 38.7 Å². The van der Waals surface area contributed by atoms with E-state index in [9.17, 15) is 4.79 Å². The molecule has 22 heavy (non-hydrogen) atoms. The van der Waals surface area contributed by atoms with E-state index in [1.807, 2.05) is 37.3 Å². The van der Waals surface area contributed by atoms with Gasteiger partial charge in [-0.25, -0.2) is 0 Å². The molecule has 1 aromatic carbocycles. The molecule has 0 radical (unpaired) electrons. The van der Waals surface area contributed by atoms with Crippen molar-refractivity contribution in [1.29, 1.82) is 0 Å². The summed E-state index contributed by atoms with van der Waals surface area (Å²) in [7, 11) is 0. The minimum Gasteiger partial charge on any atom is -0.489 e. The fourth-order valence-corrected chi connectivity index (χ4v) is 3.88. The van der Waals surface area contributed by atoms with Gasteiger partial charge < -0.3 is 15.4 Å². The van der Waals surface area contributed by atoms with E-state index < -0.39 is 0 Å². The molecule has 1 heterocycles. The first-order valence-corrected chi connectivity index (χ1v) is 8.41. The Balaban J connectivity index is 1.53. The van der Waals surface area contributed by atoms with E-state index in [-0.39, 0.29) is 17.4 Å². The van der Waals surface area contributed by atoms with Gasteiger partial charge in [0.05, 0.1) is 12.0 Å². The Bertz CT molecular complexity index is 505. The van der Waals surface area contributed by atoms with Crippen LogP contribution in [-0.2, 0) is 4.79 Å². The summed E-state index contributed by atoms with van der Waals surface area (Å²) in [4.78, 5) is 12.8. The number of hydrogen-bond donors (Lipinski definition) is 2. The Morgan fingerprint density at radius 1 is 1.41 bits per heavy atom. The standard InChI is InChI=1S/C18H26N2O2/c1-14(22-16-8-3-2-4-9-16)11-20-17(21)18-10-6-5-7-15(18)12-19-13-18/h2-4,8-9,14-15,19H,5-7,10-13H2,1H3,(H,20,21)/t14?,15-,18+/m0/s1. The molecule has 4 nitrogen and oxygen atoms in total. The Hall–Kier alpha value is -1.55. The smallest absolute Gasteiger partial charge is 0.227 e. The Morgan fingerprint density at radius 3 is 3.05 bits per heavy atom. The number of rotatable bonds is 5. The molecule has 1 saturated heterocycles. The predicted molar refractivity (Wildman–Crippen MR) is 86.8 cm³/mol. The molecule has 120 valence electrons. The van der Waals surface area contributed by atoms with Crippen molar-refractivity contribution in [3.05, 3.63) is 30.3 Å². The summed E-state index contributed by atoms with van der Waals surface area (Å²) in [5, 5.41) is 6.55. The van der Waals surface area contributed by atoms with Crippen LogP contribution in [0.15, 0.2) is 30.3 Å². The Labute approximate surface area is 132 Å². The average molecular weight is 302 g/mol. The summed E-state index contributed by atoms with van der Waals surface area (Å²) >= 11 is 0. The lowest BCUT2D eigenvalue weighted by Crippen LogP contribution is -2.49. The molecule has 1 amide bonds. The zero-order chi connectivity index (χ0) is 15.4. The predicted octanol–water partition coefficient (Wildman–Crippen LogP) is 2.35. The molecule has 2 fully saturated rings. The first-order chi connectivity index (χ1) is 10.7. The third-order valence-corrected chi connectivity index (χ3v) is 5.12. The largest absolute Gasteiger partial charge is 0.489 e. The van der Waals surface area contributed by atoms with Crippen molar-refractivity contribution >= 4 is 5.91 Å². The Morgan fingerprint density at radius 2 is 2.23 bits per heavy atom. The van der Waals surface area contributed by atoms with Gasteiger partial charge in [0.25, 0.3) is 0 Å². The lowest BCUT2D eigenvalue weighted by atomic mass is 9.67. The Kier molecular flexibility index (Phi) is 4.67. The van der Waals surface area contributed by atoms with Gasteiger partial charge in [-0.05, 0) is 44.4 Å². The van der Waals surface area contributed by atoms with Crippen molar-refractivity contribution in [1.82, 2.24) is 10.6 Å². The maximum atomic E-state index is 12.8. The van der Waals surface area contributed by atoms with Crippen LogP contribution in [-0.4, -0.2) is 31.6 Å². The van der Waals surface area contributed by atoms with Gasteiger partial charge in [0.1, 0.15) is 11.9 Å². The van der Waals surface area contributed by atoms with Crippen molar-refractivity contribution in [3.63, 3.8) is 0 Å². The number of para-hydroxylation sites is 1. The average Bonchev–Trinajstić information content (AvgIpc) is 2.99. The first-order valence-electron chi connectivity index (χ1n) is 8.41. The molecule has 2 aliphatic rings. The molecule has 4 heteroatoms. The van der Waals surface area contributed by atoms with E-state index in [0.29, 0.717) is 12.5 Å². The van der Waals surface area contributed by atoms with Crippen LogP contribution in [0.4, 0.5) is 0 Å². The summed E-state index contributed by atoms with van der Waals surface area (Å²) in [6, 6.07) is 9.76. The normalized spacial score (nSPS) is 28.7. The van der Waals surface area contributed by atoms with Crippen LogP contribution in [0.25, 0.3) is 0 Å². The maximum Gasteiger partial charge on any atom is 0.227 e. The first kappa shape index (κ1) is 15.3. The van der Waals surface area contributed by atoms with Gasteiger partial charge >= 0.3 is 0 Å². The van der Waals surface area contributed by atoms with Crippen LogP contribution in [0.2, 0.25) is 0 Å². The molecular weight excluding hydrogens is 276 g/mol. The molecule has 1 unspecified atom stereocenters. The van der Waals surface area contributed by atoms with Gasteiger partial charge in [0.2, 0.25) is 5.91 Å². The van der Waals surface area contributed by atoms with Crippen LogP contribution < -0.4 is 15.4 Å². The second-order valence-electron chi connectivity index (χ2n) is 6.68. The molecular formula is C18H26N2O2. The molecule has 3 rings (SSSR count). The van der Waals surface area contributed by atoms with Crippen molar-refractivity contribution < 1.29 is 9.53 Å². The topological polar surface area (TPSA) is 50.4 Å². The fraction of sp³-hybridized carbons (Fsp3) is 0.611. The summed E-state index contributed by atoms with van der Waals surface area (Å²) < 4.78 is 5.83. The summed E-state index contributed by atoms with van der Waals surface area (Å²) in [5.74, 6) is 1.57. The monoisotopic (exact) mass is 302 g/mol. The molecule has 0 aromatic heterocycles. The van der Waals surface area contributed by atoms with Crippen LogP contribution in [0.1, 0.15) is 32.6 Å². The molecule has 2 N–H and O–H groups in total. The minimum atomic E-state index is -0.176. The van der Waals surface area contributed by atoms with Crippen LogP contribution in [0.3, 0.4) is 0 Å². The number of carbonyl (C=O) groups is 1. The van der Waals surface area contributed by atoms with Gasteiger partial charge in [0, 0.05) is 6.54 Å². The highest BCUT2D eigenvalue weighted by molar-refractivity contribution is 5.83. The van der Waals surface area contributed by atoms with Crippen molar-refractivity contribution in [2.24, 2.45) is 11.3 Å². The SMILES string of the molecule is CC(CNC(=O)[C@@]12CCCC[C@H]1CNC2)Oc1ccccc1. The highest BCUT2D eigenvalue weighted by atomic mass is 16.5. The molecule has 1 aliphatic heterocycles. The van der Waals surface area contributed by atoms with E-state index in [4.69, 9.17) is 4.74 Å². The number of carbonyl (C=O) groups excluding carboxylic acids is 1. The quantitative estimate of drug-likeness (QED) is 0.878. The van der Waals surface area contributed by atoms with E-state index in [1.165, 1.54) is 19.3 Å². The summed E-state index contributed by atoms with van der Waals surface area (Å²) in [5.41, 5.74) is -0.176. The van der Waals surface area contributed by atoms with E-state index in [1.54, 1.807) is 0 Å². The number of benzene rings is 1. The van der Waals surface area contributed by atoms with Crippen molar-refractivity contribution in [2.75, 3.05) is 19.6 Å². The number of nitrogens with one attached hydrogen (secondary N) is 2. The zero-order valence-electron chi connectivity index (χ0n) is 13.3. The zero-order valence-corrected chi connectivity index (χ0v) is 13.3. The number of amides is 1. The van der Waals surface area contributed by atoms with Crippen LogP contribution in [0.5, 0.6) is 5.75 Å². The third-order valence-electron chi connectivity index (χ3n) is 5.12. The van der Waals surface area contributed by atoms with E-state index >= 15 is 0 Å². The number of hydrogen-bond acceptors (Lipinski definition) is 3. The fourth-order valence-electron chi connectivity index (χ4n) is 3.88. The van der Waals surface area contributed by atoms with E-state index in [2.05, 4.69) is 10.6 Å². The summed E-state index contributed by atoms with van der Waals surface area (Å²) in [6.45, 7) is 4.37. The maximum absolute atomic E-state index is 12.8. The van der Waals surface area contributed by atoms with Crippen LogP contribution in [0, 0.1) is 11.3 Å². The van der Waals surface area contributed by atoms with E-state index in [0.717, 1.165) is 25.3 Å². The van der Waals surface area contributed by atoms with Gasteiger partial charge in [0.15, 0.2) is 0 Å². The molecule has 1 aromatic rings. The van der Waals surface area contributed by atoms with Gasteiger partial charge in [-0.15, -0.1) is 0 Å². The second-order valence-corrected chi connectivity index (χ2v) is 6.68. The molecule has 3 atom stereocenters. The summed E-state index contributed by atoms with van der Waals surface area (Å²) in [6.07, 6.45) is 4.59. The van der Waals surface area contributed by atoms with Gasteiger partial charge in [-0.3, -0.25) is 4.79 Å². The van der Waals surface area contributed by atoms with Gasteiger partial charge in [-0.1, -0.05) is 31.0 Å². The molecule has 1 saturated carbocycles. The van der Waals surface area contributed by atoms with Gasteiger partial charge in [-0.2, -0.15) is 0 Å². The molecule has 0 spiro atoms. The van der Waals surface area contributed by atoms with Crippen molar-refractivity contribution in [3.8, 4) is 5.75 Å².